The molecule has 1 aliphatic carbocycles. The third-order valence-electron chi connectivity index (χ3n) is 6.98. The van der Waals surface area contributed by atoms with E-state index in [9.17, 15) is 9.59 Å². The number of likely N-dealkylation sites (tertiary alicyclic amines) is 1. The number of piperazine rings is 1. The van der Waals surface area contributed by atoms with Gasteiger partial charge < -0.3 is 28.9 Å². The zero-order valence-corrected chi connectivity index (χ0v) is 21.8. The van der Waals surface area contributed by atoms with Crippen molar-refractivity contribution in [3.63, 3.8) is 0 Å². The summed E-state index contributed by atoms with van der Waals surface area (Å²) in [5.41, 5.74) is 0.672. The Kier molecular flexibility index (Phi) is 6.83. The van der Waals surface area contributed by atoms with Crippen molar-refractivity contribution >= 4 is 18.1 Å². The zero-order chi connectivity index (χ0) is 26.0. The van der Waals surface area contributed by atoms with E-state index in [0.29, 0.717) is 57.6 Å². The number of ether oxygens (including phenoxy) is 3. The van der Waals surface area contributed by atoms with Crippen LogP contribution in [0.5, 0.6) is 5.75 Å². The molecule has 2 saturated heterocycles. The van der Waals surface area contributed by atoms with E-state index in [4.69, 9.17) is 14.2 Å². The standard InChI is InChI=1S/C27H35N5O5/c1-26(2,3)37-25(34)32-18-27(19-32)13-21(14-27)36-24(33)31-11-9-30(10-12-31)23-28-15-22(16-29-23)35-17-20-7-5-4-6-8-20/h4-8,15-16,21H,9-14,17-19H2,1-3H3. The molecule has 1 aromatic heterocycles. The van der Waals surface area contributed by atoms with Crippen molar-refractivity contribution in [1.82, 2.24) is 19.8 Å². The largest absolute Gasteiger partial charge is 0.486 e. The highest BCUT2D eigenvalue weighted by atomic mass is 16.6. The number of rotatable bonds is 5. The van der Waals surface area contributed by atoms with Gasteiger partial charge in [-0.3, -0.25) is 0 Å². The van der Waals surface area contributed by atoms with E-state index in [-0.39, 0.29) is 23.7 Å². The van der Waals surface area contributed by atoms with Gasteiger partial charge >= 0.3 is 12.2 Å². The van der Waals surface area contributed by atoms with Gasteiger partial charge in [0, 0.05) is 44.7 Å². The van der Waals surface area contributed by atoms with Crippen LogP contribution in [0.4, 0.5) is 15.5 Å². The molecule has 0 atom stereocenters. The first kappa shape index (κ1) is 25.1. The Morgan fingerprint density at radius 1 is 0.946 bits per heavy atom. The smallest absolute Gasteiger partial charge is 0.410 e. The fourth-order valence-corrected chi connectivity index (χ4v) is 5.06. The lowest BCUT2D eigenvalue weighted by molar-refractivity contribution is -0.130. The number of carbonyl (C=O) groups excluding carboxylic acids is 2. The highest BCUT2D eigenvalue weighted by molar-refractivity contribution is 5.70. The number of carbonyl (C=O) groups is 2. The average Bonchev–Trinajstić information content (AvgIpc) is 2.83. The lowest BCUT2D eigenvalue weighted by Gasteiger charge is -2.57. The van der Waals surface area contributed by atoms with Crippen molar-refractivity contribution < 1.29 is 23.8 Å². The Morgan fingerprint density at radius 3 is 2.22 bits per heavy atom. The molecule has 1 spiro atoms. The van der Waals surface area contributed by atoms with Gasteiger partial charge in [0.05, 0.1) is 12.4 Å². The van der Waals surface area contributed by atoms with E-state index >= 15 is 0 Å². The van der Waals surface area contributed by atoms with Crippen molar-refractivity contribution in [2.75, 3.05) is 44.2 Å². The second-order valence-electron chi connectivity index (χ2n) is 11.2. The van der Waals surface area contributed by atoms with E-state index in [1.807, 2.05) is 51.1 Å². The lowest BCUT2D eigenvalue weighted by Crippen LogP contribution is -2.66. The maximum atomic E-state index is 12.7. The summed E-state index contributed by atoms with van der Waals surface area (Å²) < 4.78 is 16.9. The van der Waals surface area contributed by atoms with Crippen LogP contribution in [0.15, 0.2) is 42.7 Å². The van der Waals surface area contributed by atoms with Gasteiger partial charge in [-0.05, 0) is 39.2 Å². The van der Waals surface area contributed by atoms with Gasteiger partial charge in [0.15, 0.2) is 5.75 Å². The van der Waals surface area contributed by atoms with Crippen LogP contribution in [0.1, 0.15) is 39.2 Å². The molecular formula is C27H35N5O5. The maximum Gasteiger partial charge on any atom is 0.410 e. The molecule has 0 bridgehead atoms. The number of aromatic nitrogens is 2. The van der Waals surface area contributed by atoms with Crippen molar-refractivity contribution in [2.24, 2.45) is 5.41 Å². The van der Waals surface area contributed by atoms with Crippen molar-refractivity contribution in [2.45, 2.75) is 51.9 Å². The maximum absolute atomic E-state index is 12.7. The highest BCUT2D eigenvalue weighted by Crippen LogP contribution is 2.50. The molecule has 3 aliphatic rings. The third kappa shape index (κ3) is 6.06. The lowest BCUT2D eigenvalue weighted by atomic mass is 9.62. The van der Waals surface area contributed by atoms with Crippen LogP contribution < -0.4 is 9.64 Å². The van der Waals surface area contributed by atoms with Crippen LogP contribution >= 0.6 is 0 Å². The second-order valence-corrected chi connectivity index (χ2v) is 11.2. The minimum Gasteiger partial charge on any atom is -0.486 e. The minimum absolute atomic E-state index is 0.0782. The van der Waals surface area contributed by atoms with Crippen LogP contribution in [0, 0.1) is 5.41 Å². The number of benzene rings is 1. The molecule has 3 heterocycles. The molecule has 37 heavy (non-hydrogen) atoms. The first-order valence-corrected chi connectivity index (χ1v) is 12.9. The normalized spacial score (nSPS) is 19.2. The predicted octanol–water partition coefficient (Wildman–Crippen LogP) is 3.71. The Balaban J connectivity index is 1.00. The van der Waals surface area contributed by atoms with Gasteiger partial charge in [-0.15, -0.1) is 0 Å². The van der Waals surface area contributed by atoms with Gasteiger partial charge in [0.2, 0.25) is 5.95 Å². The predicted molar refractivity (Wildman–Crippen MR) is 136 cm³/mol. The van der Waals surface area contributed by atoms with Crippen molar-refractivity contribution in [3.8, 4) is 5.75 Å². The SMILES string of the molecule is CC(C)(C)OC(=O)N1CC2(CC(OC(=O)N3CCN(c4ncc(OCc5ccccc5)cn4)CC3)C2)C1. The Hall–Kier alpha value is -3.56. The summed E-state index contributed by atoms with van der Waals surface area (Å²) in [6, 6.07) is 9.95. The molecule has 0 N–H and O–H groups in total. The van der Waals surface area contributed by atoms with Gasteiger partial charge in [0.25, 0.3) is 0 Å². The average molecular weight is 510 g/mol. The van der Waals surface area contributed by atoms with Crippen LogP contribution in [0.25, 0.3) is 0 Å². The number of hydrogen-bond acceptors (Lipinski definition) is 8. The highest BCUT2D eigenvalue weighted by Gasteiger charge is 2.56. The Morgan fingerprint density at radius 2 is 1.59 bits per heavy atom. The first-order chi connectivity index (χ1) is 17.7. The van der Waals surface area contributed by atoms with E-state index < -0.39 is 5.60 Å². The molecule has 1 aromatic carbocycles. The summed E-state index contributed by atoms with van der Waals surface area (Å²) in [5, 5.41) is 0. The van der Waals surface area contributed by atoms with Crippen LogP contribution in [0.3, 0.4) is 0 Å². The molecular weight excluding hydrogens is 474 g/mol. The number of nitrogens with zero attached hydrogens (tertiary/aromatic N) is 5. The molecule has 5 rings (SSSR count). The summed E-state index contributed by atoms with van der Waals surface area (Å²) in [6.45, 7) is 9.79. The monoisotopic (exact) mass is 509 g/mol. The van der Waals surface area contributed by atoms with Gasteiger partial charge in [0.1, 0.15) is 18.3 Å². The van der Waals surface area contributed by atoms with E-state index in [1.54, 1.807) is 22.2 Å². The van der Waals surface area contributed by atoms with Gasteiger partial charge in [-0.25, -0.2) is 19.6 Å². The van der Waals surface area contributed by atoms with E-state index in [1.165, 1.54) is 0 Å². The molecule has 10 nitrogen and oxygen atoms in total. The van der Waals surface area contributed by atoms with Gasteiger partial charge in [-0.2, -0.15) is 0 Å². The minimum atomic E-state index is -0.492. The zero-order valence-electron chi connectivity index (χ0n) is 21.8. The summed E-state index contributed by atoms with van der Waals surface area (Å²) in [4.78, 5) is 39.2. The van der Waals surface area contributed by atoms with Crippen LogP contribution in [-0.4, -0.2) is 82.9 Å². The van der Waals surface area contributed by atoms with Gasteiger partial charge in [-0.1, -0.05) is 30.3 Å². The summed E-state index contributed by atoms with van der Waals surface area (Å²) >= 11 is 0. The van der Waals surface area contributed by atoms with E-state index in [0.717, 1.165) is 18.4 Å². The van der Waals surface area contributed by atoms with Crippen LogP contribution in [0.2, 0.25) is 0 Å². The fourth-order valence-electron chi connectivity index (χ4n) is 5.06. The molecule has 0 radical (unpaired) electrons. The van der Waals surface area contributed by atoms with Crippen molar-refractivity contribution in [3.05, 3.63) is 48.3 Å². The molecule has 1 saturated carbocycles. The molecule has 2 amide bonds. The molecule has 3 fully saturated rings. The summed E-state index contributed by atoms with van der Waals surface area (Å²) in [5.74, 6) is 1.24. The Bertz CT molecular complexity index is 1080. The molecule has 2 aliphatic heterocycles. The Labute approximate surface area is 217 Å². The van der Waals surface area contributed by atoms with Crippen LogP contribution in [-0.2, 0) is 16.1 Å². The van der Waals surface area contributed by atoms with Crippen molar-refractivity contribution in [1.29, 1.82) is 0 Å². The third-order valence-corrected chi connectivity index (χ3v) is 6.98. The second kappa shape index (κ2) is 10.1. The quantitative estimate of drug-likeness (QED) is 0.602. The first-order valence-electron chi connectivity index (χ1n) is 12.9. The summed E-state index contributed by atoms with van der Waals surface area (Å²) in [6.07, 6.45) is 4.34. The molecule has 198 valence electrons. The molecule has 10 heteroatoms. The summed E-state index contributed by atoms with van der Waals surface area (Å²) in [7, 11) is 0. The molecule has 2 aromatic rings. The fraction of sp³-hybridized carbons (Fsp3) is 0.556. The van der Waals surface area contributed by atoms with E-state index in [2.05, 4.69) is 14.9 Å². The number of amides is 2. The number of anilines is 1. The topological polar surface area (TPSA) is 97.3 Å². The number of hydrogen-bond donors (Lipinski definition) is 0. The molecule has 0 unspecified atom stereocenters.